The monoisotopic (exact) mass is 567 g/mol. The number of benzene rings is 2. The molecule has 12 heteroatoms. The van der Waals surface area contributed by atoms with E-state index >= 15 is 0 Å². The van der Waals surface area contributed by atoms with Gasteiger partial charge in [0.25, 0.3) is 0 Å². The summed E-state index contributed by atoms with van der Waals surface area (Å²) in [5.41, 5.74) is 0.673. The van der Waals surface area contributed by atoms with Crippen LogP contribution in [0.25, 0.3) is 0 Å². The number of sulfonamides is 1. The van der Waals surface area contributed by atoms with Crippen LogP contribution < -0.4 is 9.62 Å². The highest BCUT2D eigenvalue weighted by Crippen LogP contribution is 2.34. The summed E-state index contributed by atoms with van der Waals surface area (Å²) in [6.45, 7) is 3.31. The third-order valence-electron chi connectivity index (χ3n) is 4.93. The second kappa shape index (κ2) is 12.3. The van der Waals surface area contributed by atoms with Crippen molar-refractivity contribution in [2.45, 2.75) is 32.9 Å². The van der Waals surface area contributed by atoms with Crippen molar-refractivity contribution < 1.29 is 18.0 Å². The lowest BCUT2D eigenvalue weighted by Gasteiger charge is -2.31. The van der Waals surface area contributed by atoms with Crippen LogP contribution in [0.15, 0.2) is 36.4 Å². The minimum absolute atomic E-state index is 0.00266. The molecule has 0 spiro atoms. The van der Waals surface area contributed by atoms with Gasteiger partial charge in [-0.3, -0.25) is 13.9 Å². The zero-order chi connectivity index (χ0) is 25.6. The lowest BCUT2D eigenvalue weighted by atomic mass is 10.1. The van der Waals surface area contributed by atoms with Crippen molar-refractivity contribution in [1.29, 1.82) is 0 Å². The first-order chi connectivity index (χ1) is 15.9. The van der Waals surface area contributed by atoms with Crippen LogP contribution in [0.1, 0.15) is 25.8 Å². The summed E-state index contributed by atoms with van der Waals surface area (Å²) in [6.07, 6.45) is 1.67. The topological polar surface area (TPSA) is 86.8 Å². The molecule has 0 aromatic heterocycles. The molecule has 0 saturated carbocycles. The summed E-state index contributed by atoms with van der Waals surface area (Å²) < 4.78 is 26.0. The molecule has 2 aromatic carbocycles. The van der Waals surface area contributed by atoms with Crippen LogP contribution in [0.5, 0.6) is 0 Å². The van der Waals surface area contributed by atoms with Crippen LogP contribution in [-0.2, 0) is 26.2 Å². The maximum Gasteiger partial charge on any atom is 0.244 e. The first-order valence-electron chi connectivity index (χ1n) is 10.3. The number of halogens is 4. The van der Waals surface area contributed by atoms with Crippen molar-refractivity contribution in [3.63, 3.8) is 0 Å². The van der Waals surface area contributed by atoms with Crippen LogP contribution >= 0.6 is 46.4 Å². The van der Waals surface area contributed by atoms with Gasteiger partial charge in [-0.25, -0.2) is 8.42 Å². The van der Waals surface area contributed by atoms with E-state index in [0.29, 0.717) is 23.6 Å². The van der Waals surface area contributed by atoms with E-state index in [2.05, 4.69) is 5.32 Å². The molecule has 2 rings (SSSR count). The standard InChI is InChI=1S/C22H25Cl4N3O4S/c1-4-10-27-22(31)14(2)28(12-15-8-9-16(23)18(25)11-15)20(30)13-29(34(3,32)33)19-7-5-6-17(24)21(19)26/h5-9,11,14H,4,10,12-13H2,1-3H3,(H,27,31)/t14-/m0/s1. The summed E-state index contributed by atoms with van der Waals surface area (Å²) in [5, 5.41) is 3.52. The molecule has 7 nitrogen and oxygen atoms in total. The van der Waals surface area contributed by atoms with E-state index in [-0.39, 0.29) is 33.2 Å². The number of anilines is 1. The van der Waals surface area contributed by atoms with Gasteiger partial charge < -0.3 is 10.2 Å². The fraction of sp³-hybridized carbons (Fsp3) is 0.364. The van der Waals surface area contributed by atoms with E-state index in [1.807, 2.05) is 6.92 Å². The summed E-state index contributed by atoms with van der Waals surface area (Å²) in [6, 6.07) is 8.43. The Kier molecular flexibility index (Phi) is 10.3. The van der Waals surface area contributed by atoms with E-state index in [9.17, 15) is 18.0 Å². The second-order valence-electron chi connectivity index (χ2n) is 7.58. The zero-order valence-corrected chi connectivity index (χ0v) is 22.7. The SMILES string of the molecule is CCCNC(=O)[C@H](C)N(Cc1ccc(Cl)c(Cl)c1)C(=O)CN(c1cccc(Cl)c1Cl)S(C)(=O)=O. The molecule has 0 unspecified atom stereocenters. The van der Waals surface area contributed by atoms with Crippen molar-refractivity contribution in [2.75, 3.05) is 23.7 Å². The van der Waals surface area contributed by atoms with E-state index in [1.165, 1.54) is 23.1 Å². The number of carbonyl (C=O) groups excluding carboxylic acids is 2. The van der Waals surface area contributed by atoms with Gasteiger partial charge in [-0.2, -0.15) is 0 Å². The number of nitrogens with one attached hydrogen (secondary N) is 1. The molecule has 0 bridgehead atoms. The second-order valence-corrected chi connectivity index (χ2v) is 11.1. The van der Waals surface area contributed by atoms with Gasteiger partial charge in [0.15, 0.2) is 0 Å². The van der Waals surface area contributed by atoms with E-state index in [4.69, 9.17) is 46.4 Å². The molecule has 34 heavy (non-hydrogen) atoms. The van der Waals surface area contributed by atoms with Crippen molar-refractivity contribution in [3.05, 3.63) is 62.1 Å². The fourth-order valence-electron chi connectivity index (χ4n) is 3.09. The Bertz CT molecular complexity index is 1160. The quantitative estimate of drug-likeness (QED) is 0.436. The first kappa shape index (κ1) is 28.5. The highest BCUT2D eigenvalue weighted by molar-refractivity contribution is 7.92. The lowest BCUT2D eigenvalue weighted by molar-refractivity contribution is -0.139. The van der Waals surface area contributed by atoms with Gasteiger partial charge in [-0.15, -0.1) is 0 Å². The third kappa shape index (κ3) is 7.39. The maximum atomic E-state index is 13.5. The minimum Gasteiger partial charge on any atom is -0.354 e. The van der Waals surface area contributed by atoms with Gasteiger partial charge in [0.1, 0.15) is 12.6 Å². The number of hydrogen-bond donors (Lipinski definition) is 1. The molecule has 2 aromatic rings. The van der Waals surface area contributed by atoms with Crippen LogP contribution in [0.2, 0.25) is 20.1 Å². The van der Waals surface area contributed by atoms with Gasteiger partial charge in [0.05, 0.1) is 32.0 Å². The Hall–Kier alpha value is -1.71. The summed E-state index contributed by atoms with van der Waals surface area (Å²) in [4.78, 5) is 27.4. The molecule has 0 radical (unpaired) electrons. The number of nitrogens with zero attached hydrogens (tertiary/aromatic N) is 2. The molecule has 0 aliphatic carbocycles. The summed E-state index contributed by atoms with van der Waals surface area (Å²) >= 11 is 24.4. The molecule has 1 N–H and O–H groups in total. The average Bonchev–Trinajstić information content (AvgIpc) is 2.77. The summed E-state index contributed by atoms with van der Waals surface area (Å²) in [5.74, 6) is -0.992. The molecule has 0 aliphatic rings. The number of carbonyl (C=O) groups is 2. The van der Waals surface area contributed by atoms with Crippen molar-refractivity contribution in [1.82, 2.24) is 10.2 Å². The Balaban J connectivity index is 2.44. The summed E-state index contributed by atoms with van der Waals surface area (Å²) in [7, 11) is -3.93. The fourth-order valence-corrected chi connectivity index (χ4v) is 4.72. The Morgan fingerprint density at radius 3 is 2.29 bits per heavy atom. The van der Waals surface area contributed by atoms with E-state index < -0.39 is 28.5 Å². The van der Waals surface area contributed by atoms with Gasteiger partial charge in [-0.1, -0.05) is 65.5 Å². The molecule has 0 fully saturated rings. The number of rotatable bonds is 10. The maximum absolute atomic E-state index is 13.5. The molecule has 0 saturated heterocycles. The highest BCUT2D eigenvalue weighted by Gasteiger charge is 2.31. The van der Waals surface area contributed by atoms with Crippen LogP contribution in [0.3, 0.4) is 0 Å². The zero-order valence-electron chi connectivity index (χ0n) is 18.8. The Morgan fingerprint density at radius 1 is 1.03 bits per heavy atom. The predicted octanol–water partition coefficient (Wildman–Crippen LogP) is 5.01. The molecule has 2 amide bonds. The lowest BCUT2D eigenvalue weighted by Crippen LogP contribution is -2.51. The molecule has 0 aliphatic heterocycles. The Labute approximate surface area is 220 Å². The number of amides is 2. The van der Waals surface area contributed by atoms with Crippen LogP contribution in [0, 0.1) is 0 Å². The van der Waals surface area contributed by atoms with Crippen LogP contribution in [0.4, 0.5) is 5.69 Å². The third-order valence-corrected chi connectivity index (χ3v) is 7.61. The van der Waals surface area contributed by atoms with Gasteiger partial charge >= 0.3 is 0 Å². The first-order valence-corrected chi connectivity index (χ1v) is 13.7. The van der Waals surface area contributed by atoms with Crippen LogP contribution in [-0.4, -0.2) is 50.5 Å². The van der Waals surface area contributed by atoms with Gasteiger partial charge in [0, 0.05) is 13.1 Å². The normalized spacial score (nSPS) is 12.2. The molecule has 186 valence electrons. The highest BCUT2D eigenvalue weighted by atomic mass is 35.5. The minimum atomic E-state index is -3.93. The van der Waals surface area contributed by atoms with Gasteiger partial charge in [-0.05, 0) is 43.2 Å². The number of hydrogen-bond acceptors (Lipinski definition) is 4. The molecule has 0 heterocycles. The van der Waals surface area contributed by atoms with Gasteiger partial charge in [0.2, 0.25) is 21.8 Å². The van der Waals surface area contributed by atoms with E-state index in [0.717, 1.165) is 10.6 Å². The largest absolute Gasteiger partial charge is 0.354 e. The van der Waals surface area contributed by atoms with Crippen molar-refractivity contribution in [3.8, 4) is 0 Å². The molecular formula is C22H25Cl4N3O4S. The van der Waals surface area contributed by atoms with Crippen molar-refractivity contribution >= 4 is 73.9 Å². The average molecular weight is 569 g/mol. The smallest absolute Gasteiger partial charge is 0.244 e. The van der Waals surface area contributed by atoms with Crippen molar-refractivity contribution in [2.24, 2.45) is 0 Å². The van der Waals surface area contributed by atoms with E-state index in [1.54, 1.807) is 25.1 Å². The molecular weight excluding hydrogens is 544 g/mol. The molecule has 1 atom stereocenters. The Morgan fingerprint density at radius 2 is 1.71 bits per heavy atom. The predicted molar refractivity (Wildman–Crippen MR) is 138 cm³/mol.